The van der Waals surface area contributed by atoms with Crippen LogP contribution in [0.1, 0.15) is 26.7 Å². The second kappa shape index (κ2) is 7.11. The quantitative estimate of drug-likeness (QED) is 0.838. The number of anilines is 2. The molecule has 1 heterocycles. The molecule has 0 spiro atoms. The maximum absolute atomic E-state index is 11.9. The van der Waals surface area contributed by atoms with Crippen molar-refractivity contribution in [2.45, 2.75) is 45.0 Å². The Kier molecular flexibility index (Phi) is 5.45. The summed E-state index contributed by atoms with van der Waals surface area (Å²) in [4.78, 5) is 11.9. The maximum Gasteiger partial charge on any atom is 0.250 e. The molecule has 1 aliphatic heterocycles. The number of nitrogens with one attached hydrogen (secondary N) is 1. The molecule has 21 heavy (non-hydrogen) atoms. The Morgan fingerprint density at radius 2 is 2.10 bits per heavy atom. The van der Waals surface area contributed by atoms with E-state index in [0.717, 1.165) is 12.8 Å². The number of hydrogen-bond donors (Lipinski definition) is 2. The second-order valence-corrected chi connectivity index (χ2v) is 5.86. The van der Waals surface area contributed by atoms with Gasteiger partial charge in [-0.2, -0.15) is 0 Å². The molecule has 2 unspecified atom stereocenters. The van der Waals surface area contributed by atoms with Crippen LogP contribution in [-0.4, -0.2) is 30.8 Å². The van der Waals surface area contributed by atoms with Crippen LogP contribution in [0.5, 0.6) is 0 Å². The van der Waals surface area contributed by atoms with Gasteiger partial charge in [0.15, 0.2) is 0 Å². The predicted molar refractivity (Wildman–Crippen MR) is 83.5 cm³/mol. The summed E-state index contributed by atoms with van der Waals surface area (Å²) in [6, 6.07) is 4.95. The van der Waals surface area contributed by atoms with Crippen molar-refractivity contribution in [3.05, 3.63) is 23.2 Å². The molecule has 0 aliphatic carbocycles. The molecule has 116 valence electrons. The van der Waals surface area contributed by atoms with E-state index in [4.69, 9.17) is 26.8 Å². The fraction of sp³-hybridized carbons (Fsp3) is 0.533. The van der Waals surface area contributed by atoms with E-state index < -0.39 is 0 Å². The smallest absolute Gasteiger partial charge is 0.250 e. The molecule has 1 aliphatic rings. The summed E-state index contributed by atoms with van der Waals surface area (Å²) in [6.45, 7) is 4.02. The highest BCUT2D eigenvalue weighted by atomic mass is 35.5. The van der Waals surface area contributed by atoms with Crippen molar-refractivity contribution in [1.82, 2.24) is 0 Å². The number of hydrogen-bond acceptors (Lipinski definition) is 4. The first kappa shape index (κ1) is 16.1. The number of halogens is 1. The van der Waals surface area contributed by atoms with Crippen LogP contribution in [0.3, 0.4) is 0 Å². The molecule has 0 aromatic heterocycles. The molecule has 1 amide bonds. The van der Waals surface area contributed by atoms with Gasteiger partial charge in [-0.25, -0.2) is 0 Å². The van der Waals surface area contributed by atoms with E-state index in [1.807, 2.05) is 13.8 Å². The summed E-state index contributed by atoms with van der Waals surface area (Å²) in [5, 5.41) is 3.16. The Hall–Kier alpha value is -1.30. The van der Waals surface area contributed by atoms with Crippen molar-refractivity contribution in [3.63, 3.8) is 0 Å². The van der Waals surface area contributed by atoms with Gasteiger partial charge in [-0.05, 0) is 44.9 Å². The molecule has 2 rings (SSSR count). The lowest BCUT2D eigenvalue weighted by atomic mass is 10.0. The molecular formula is C15H21ClN2O3. The highest BCUT2D eigenvalue weighted by molar-refractivity contribution is 6.33. The molecule has 5 nitrogen and oxygen atoms in total. The van der Waals surface area contributed by atoms with Crippen molar-refractivity contribution < 1.29 is 14.3 Å². The largest absolute Gasteiger partial charge is 0.399 e. The van der Waals surface area contributed by atoms with E-state index in [2.05, 4.69) is 5.32 Å². The first-order chi connectivity index (χ1) is 9.94. The summed E-state index contributed by atoms with van der Waals surface area (Å²) < 4.78 is 11.3. The Morgan fingerprint density at radius 3 is 2.76 bits per heavy atom. The van der Waals surface area contributed by atoms with Gasteiger partial charge in [0.2, 0.25) is 5.91 Å². The summed E-state index contributed by atoms with van der Waals surface area (Å²) >= 11 is 6.00. The Balaban J connectivity index is 1.83. The van der Waals surface area contributed by atoms with Gasteiger partial charge < -0.3 is 20.5 Å². The summed E-state index contributed by atoms with van der Waals surface area (Å²) in [5.41, 5.74) is 6.71. The van der Waals surface area contributed by atoms with Crippen LogP contribution in [0.25, 0.3) is 0 Å². The third kappa shape index (κ3) is 4.88. The predicted octanol–water partition coefficient (Wildman–Crippen LogP) is 2.83. The molecule has 3 N–H and O–H groups in total. The van der Waals surface area contributed by atoms with Gasteiger partial charge in [0.25, 0.3) is 0 Å². The number of nitrogen functional groups attached to an aromatic ring is 1. The van der Waals surface area contributed by atoms with Crippen molar-refractivity contribution in [2.24, 2.45) is 0 Å². The average molecular weight is 313 g/mol. The van der Waals surface area contributed by atoms with Gasteiger partial charge in [-0.3, -0.25) is 4.79 Å². The molecule has 2 atom stereocenters. The Bertz CT molecular complexity index is 500. The number of carbonyl (C=O) groups excluding carboxylic acids is 1. The van der Waals surface area contributed by atoms with E-state index in [1.165, 1.54) is 0 Å². The molecule has 0 radical (unpaired) electrons. The first-order valence-corrected chi connectivity index (χ1v) is 7.43. The fourth-order valence-corrected chi connectivity index (χ4v) is 2.66. The lowest BCUT2D eigenvalue weighted by Gasteiger charge is -2.31. The van der Waals surface area contributed by atoms with Crippen LogP contribution in [-0.2, 0) is 14.3 Å². The van der Waals surface area contributed by atoms with Gasteiger partial charge in [-0.1, -0.05) is 11.6 Å². The van der Waals surface area contributed by atoms with Crippen molar-refractivity contribution in [2.75, 3.05) is 17.7 Å². The van der Waals surface area contributed by atoms with E-state index in [0.29, 0.717) is 16.4 Å². The molecule has 1 fully saturated rings. The summed E-state index contributed by atoms with van der Waals surface area (Å²) in [6.07, 6.45) is 1.97. The number of nitrogens with two attached hydrogens (primary N) is 1. The Labute approximate surface area is 129 Å². The number of amides is 1. The maximum atomic E-state index is 11.9. The van der Waals surface area contributed by atoms with Gasteiger partial charge in [-0.15, -0.1) is 0 Å². The number of benzene rings is 1. The van der Waals surface area contributed by atoms with E-state index >= 15 is 0 Å². The minimum absolute atomic E-state index is 0.00473. The van der Waals surface area contributed by atoms with Crippen LogP contribution in [0.2, 0.25) is 5.02 Å². The monoisotopic (exact) mass is 312 g/mol. The van der Waals surface area contributed by atoms with E-state index in [-0.39, 0.29) is 30.8 Å². The van der Waals surface area contributed by atoms with Crippen molar-refractivity contribution in [3.8, 4) is 0 Å². The van der Waals surface area contributed by atoms with E-state index in [1.54, 1.807) is 18.2 Å². The third-order valence-corrected chi connectivity index (χ3v) is 3.70. The van der Waals surface area contributed by atoms with Crippen molar-refractivity contribution in [1.29, 1.82) is 0 Å². The van der Waals surface area contributed by atoms with Crippen molar-refractivity contribution >= 4 is 28.9 Å². The van der Waals surface area contributed by atoms with Crippen LogP contribution in [0.15, 0.2) is 18.2 Å². The minimum atomic E-state index is -0.241. The van der Waals surface area contributed by atoms with Crippen LogP contribution in [0.4, 0.5) is 11.4 Å². The zero-order valence-electron chi connectivity index (χ0n) is 12.3. The third-order valence-electron chi connectivity index (χ3n) is 3.37. The summed E-state index contributed by atoms with van der Waals surface area (Å²) in [5.74, 6) is -0.241. The molecule has 0 saturated carbocycles. The zero-order chi connectivity index (χ0) is 15.4. The minimum Gasteiger partial charge on any atom is -0.399 e. The molecule has 1 saturated heterocycles. The second-order valence-electron chi connectivity index (χ2n) is 5.45. The molecule has 1 aromatic carbocycles. The molecule has 6 heteroatoms. The summed E-state index contributed by atoms with van der Waals surface area (Å²) in [7, 11) is 0. The average Bonchev–Trinajstić information content (AvgIpc) is 2.40. The lowest BCUT2D eigenvalue weighted by molar-refractivity contribution is -0.131. The van der Waals surface area contributed by atoms with E-state index in [9.17, 15) is 4.79 Å². The van der Waals surface area contributed by atoms with Gasteiger partial charge in [0.1, 0.15) is 6.61 Å². The van der Waals surface area contributed by atoms with Gasteiger partial charge >= 0.3 is 0 Å². The molecule has 1 aromatic rings. The molecule has 0 bridgehead atoms. The number of rotatable bonds is 4. The fourth-order valence-electron chi connectivity index (χ4n) is 2.50. The Morgan fingerprint density at radius 1 is 1.43 bits per heavy atom. The topological polar surface area (TPSA) is 73.6 Å². The number of carbonyl (C=O) groups is 1. The van der Waals surface area contributed by atoms with Crippen LogP contribution in [0, 0.1) is 0 Å². The highest BCUT2D eigenvalue weighted by Crippen LogP contribution is 2.24. The zero-order valence-corrected chi connectivity index (χ0v) is 13.0. The SMILES string of the molecule is CC1CC(OCC(=O)Nc2cc(N)ccc2Cl)CC(C)O1. The van der Waals surface area contributed by atoms with Gasteiger partial charge in [0.05, 0.1) is 29.0 Å². The normalized spacial score (nSPS) is 25.6. The number of ether oxygens (including phenoxy) is 2. The van der Waals surface area contributed by atoms with Gasteiger partial charge in [0, 0.05) is 5.69 Å². The van der Waals surface area contributed by atoms with Crippen LogP contribution >= 0.6 is 11.6 Å². The van der Waals surface area contributed by atoms with Crippen LogP contribution < -0.4 is 11.1 Å². The standard InChI is InChI=1S/C15H21ClN2O3/c1-9-5-12(6-10(2)21-9)20-8-15(19)18-14-7-11(17)3-4-13(14)16/h3-4,7,9-10,12H,5-6,8,17H2,1-2H3,(H,18,19). The first-order valence-electron chi connectivity index (χ1n) is 7.06. The molecular weight excluding hydrogens is 292 g/mol. The lowest BCUT2D eigenvalue weighted by Crippen LogP contribution is -2.35. The highest BCUT2D eigenvalue weighted by Gasteiger charge is 2.25.